The fourth-order valence-corrected chi connectivity index (χ4v) is 2.80. The van der Waals surface area contributed by atoms with E-state index in [2.05, 4.69) is 47.5 Å². The molecule has 1 aliphatic heterocycles. The quantitative estimate of drug-likeness (QED) is 0.757. The molecule has 0 radical (unpaired) electrons. The van der Waals surface area contributed by atoms with Gasteiger partial charge in [0.1, 0.15) is 0 Å². The maximum atomic E-state index is 3.60. The van der Waals surface area contributed by atoms with E-state index >= 15 is 0 Å². The number of unbranched alkanes of at least 4 members (excludes halogenated alkanes) is 1. The van der Waals surface area contributed by atoms with Crippen LogP contribution in [0.2, 0.25) is 0 Å². The number of piperidine rings is 1. The number of nitrogens with zero attached hydrogens (tertiary/aromatic N) is 1. The van der Waals surface area contributed by atoms with Gasteiger partial charge in [-0.2, -0.15) is 0 Å². The first-order chi connectivity index (χ1) is 9.38. The topological polar surface area (TPSA) is 15.3 Å². The molecule has 1 saturated heterocycles. The first kappa shape index (κ1) is 14.5. The van der Waals surface area contributed by atoms with Gasteiger partial charge < -0.3 is 5.32 Å². The van der Waals surface area contributed by atoms with Crippen molar-refractivity contribution >= 4 is 0 Å². The van der Waals surface area contributed by atoms with Crippen LogP contribution in [0, 0.1) is 5.92 Å². The number of hydrogen-bond acceptors (Lipinski definition) is 2. The lowest BCUT2D eigenvalue weighted by atomic mass is 9.96. The van der Waals surface area contributed by atoms with E-state index in [1.54, 1.807) is 0 Å². The van der Waals surface area contributed by atoms with Gasteiger partial charge in [0.2, 0.25) is 0 Å². The summed E-state index contributed by atoms with van der Waals surface area (Å²) in [5, 5.41) is 3.60. The summed E-state index contributed by atoms with van der Waals surface area (Å²) < 4.78 is 0. The second-order valence-corrected chi connectivity index (χ2v) is 5.76. The zero-order chi connectivity index (χ0) is 13.3. The van der Waals surface area contributed by atoms with Crippen molar-refractivity contribution in [2.75, 3.05) is 26.2 Å². The Kier molecular flexibility index (Phi) is 6.38. The lowest BCUT2D eigenvalue weighted by Crippen LogP contribution is -2.37. The Hall–Kier alpha value is -0.860. The first-order valence-corrected chi connectivity index (χ1v) is 7.85. The van der Waals surface area contributed by atoms with Crippen molar-refractivity contribution < 1.29 is 0 Å². The molecule has 0 unspecified atom stereocenters. The molecular formula is C17H28N2. The van der Waals surface area contributed by atoms with Crippen molar-refractivity contribution in [3.63, 3.8) is 0 Å². The summed E-state index contributed by atoms with van der Waals surface area (Å²) in [4.78, 5) is 2.60. The molecule has 0 bridgehead atoms. The van der Waals surface area contributed by atoms with Crippen molar-refractivity contribution in [2.24, 2.45) is 5.92 Å². The third-order valence-corrected chi connectivity index (χ3v) is 4.10. The molecule has 1 fully saturated rings. The number of nitrogens with one attached hydrogen (secondary N) is 1. The van der Waals surface area contributed by atoms with Crippen molar-refractivity contribution in [3.05, 3.63) is 35.9 Å². The van der Waals surface area contributed by atoms with Gasteiger partial charge in [-0.25, -0.2) is 0 Å². The number of rotatable bonds is 7. The lowest BCUT2D eigenvalue weighted by Gasteiger charge is -2.32. The maximum absolute atomic E-state index is 3.60. The summed E-state index contributed by atoms with van der Waals surface area (Å²) >= 11 is 0. The molecule has 0 amide bonds. The first-order valence-electron chi connectivity index (χ1n) is 7.85. The van der Waals surface area contributed by atoms with Crippen LogP contribution in [-0.2, 0) is 6.54 Å². The van der Waals surface area contributed by atoms with Crippen molar-refractivity contribution in [2.45, 2.75) is 39.2 Å². The Bertz CT molecular complexity index is 328. The number of benzene rings is 1. The van der Waals surface area contributed by atoms with Crippen LogP contribution in [0.3, 0.4) is 0 Å². The Labute approximate surface area is 118 Å². The summed E-state index contributed by atoms with van der Waals surface area (Å²) in [6.07, 6.45) is 5.31. The molecule has 0 saturated carbocycles. The van der Waals surface area contributed by atoms with E-state index in [4.69, 9.17) is 0 Å². The van der Waals surface area contributed by atoms with Crippen LogP contribution in [0.1, 0.15) is 38.2 Å². The molecule has 2 heteroatoms. The van der Waals surface area contributed by atoms with E-state index in [-0.39, 0.29) is 0 Å². The monoisotopic (exact) mass is 260 g/mol. The average Bonchev–Trinajstić information content (AvgIpc) is 2.46. The molecule has 1 aliphatic rings. The molecule has 1 aromatic rings. The molecule has 1 N–H and O–H groups in total. The lowest BCUT2D eigenvalue weighted by molar-refractivity contribution is 0.175. The molecule has 0 atom stereocenters. The highest BCUT2D eigenvalue weighted by atomic mass is 15.1. The van der Waals surface area contributed by atoms with E-state index in [1.165, 1.54) is 57.4 Å². The zero-order valence-corrected chi connectivity index (χ0v) is 12.3. The van der Waals surface area contributed by atoms with Gasteiger partial charge in [-0.05, 0) is 56.9 Å². The average molecular weight is 260 g/mol. The van der Waals surface area contributed by atoms with Crippen molar-refractivity contribution in [3.8, 4) is 0 Å². The van der Waals surface area contributed by atoms with Crippen molar-refractivity contribution in [1.29, 1.82) is 0 Å². The Morgan fingerprint density at radius 2 is 1.89 bits per heavy atom. The van der Waals surface area contributed by atoms with Gasteiger partial charge in [-0.1, -0.05) is 43.7 Å². The van der Waals surface area contributed by atoms with Crippen LogP contribution >= 0.6 is 0 Å². The van der Waals surface area contributed by atoms with Gasteiger partial charge in [0.25, 0.3) is 0 Å². The third-order valence-electron chi connectivity index (χ3n) is 4.10. The van der Waals surface area contributed by atoms with Crippen LogP contribution in [0.15, 0.2) is 30.3 Å². The van der Waals surface area contributed by atoms with Gasteiger partial charge in [0.15, 0.2) is 0 Å². The fourth-order valence-electron chi connectivity index (χ4n) is 2.80. The highest BCUT2D eigenvalue weighted by molar-refractivity contribution is 5.14. The molecule has 0 aliphatic carbocycles. The van der Waals surface area contributed by atoms with Crippen LogP contribution in [0.4, 0.5) is 0 Å². The molecule has 2 nitrogen and oxygen atoms in total. The standard InChI is InChI=1S/C17H28N2/c1-2-3-11-18-14-16-9-12-19(13-10-16)15-17-7-5-4-6-8-17/h4-8,16,18H,2-3,9-15H2,1H3. The second kappa shape index (κ2) is 8.34. The molecule has 1 heterocycles. The summed E-state index contributed by atoms with van der Waals surface area (Å²) in [6, 6.07) is 10.8. The van der Waals surface area contributed by atoms with Gasteiger partial charge in [0, 0.05) is 6.54 Å². The molecule has 0 aromatic heterocycles. The molecule has 2 rings (SSSR count). The van der Waals surface area contributed by atoms with E-state index in [0.717, 1.165) is 12.5 Å². The van der Waals surface area contributed by atoms with Gasteiger partial charge >= 0.3 is 0 Å². The summed E-state index contributed by atoms with van der Waals surface area (Å²) in [7, 11) is 0. The van der Waals surface area contributed by atoms with E-state index in [9.17, 15) is 0 Å². The zero-order valence-electron chi connectivity index (χ0n) is 12.3. The molecule has 106 valence electrons. The third kappa shape index (κ3) is 5.33. The summed E-state index contributed by atoms with van der Waals surface area (Å²) in [6.45, 7) is 8.31. The SMILES string of the molecule is CCCCNCC1CCN(Cc2ccccc2)CC1. The van der Waals surface area contributed by atoms with E-state index in [0.29, 0.717) is 0 Å². The minimum atomic E-state index is 0.892. The molecule has 1 aromatic carbocycles. The largest absolute Gasteiger partial charge is 0.316 e. The fraction of sp³-hybridized carbons (Fsp3) is 0.647. The number of likely N-dealkylation sites (tertiary alicyclic amines) is 1. The molecule has 19 heavy (non-hydrogen) atoms. The number of hydrogen-bond donors (Lipinski definition) is 1. The Morgan fingerprint density at radius 1 is 1.16 bits per heavy atom. The molecule has 0 spiro atoms. The maximum Gasteiger partial charge on any atom is 0.0233 e. The van der Waals surface area contributed by atoms with E-state index in [1.807, 2.05) is 0 Å². The second-order valence-electron chi connectivity index (χ2n) is 5.76. The minimum Gasteiger partial charge on any atom is -0.316 e. The highest BCUT2D eigenvalue weighted by Crippen LogP contribution is 2.18. The molecular weight excluding hydrogens is 232 g/mol. The predicted octanol–water partition coefficient (Wildman–Crippen LogP) is 3.29. The van der Waals surface area contributed by atoms with Crippen LogP contribution < -0.4 is 5.32 Å². The van der Waals surface area contributed by atoms with Crippen LogP contribution in [0.5, 0.6) is 0 Å². The summed E-state index contributed by atoms with van der Waals surface area (Å²) in [5.74, 6) is 0.892. The van der Waals surface area contributed by atoms with Gasteiger partial charge in [-0.3, -0.25) is 4.90 Å². The Morgan fingerprint density at radius 3 is 2.58 bits per heavy atom. The van der Waals surface area contributed by atoms with Gasteiger partial charge in [-0.15, -0.1) is 0 Å². The van der Waals surface area contributed by atoms with Crippen molar-refractivity contribution in [1.82, 2.24) is 10.2 Å². The highest BCUT2D eigenvalue weighted by Gasteiger charge is 2.18. The van der Waals surface area contributed by atoms with E-state index < -0.39 is 0 Å². The predicted molar refractivity (Wildman–Crippen MR) is 82.2 cm³/mol. The minimum absolute atomic E-state index is 0.892. The normalized spacial score (nSPS) is 17.7. The summed E-state index contributed by atoms with van der Waals surface area (Å²) in [5.41, 5.74) is 1.45. The van der Waals surface area contributed by atoms with Gasteiger partial charge in [0.05, 0.1) is 0 Å². The van der Waals surface area contributed by atoms with Crippen LogP contribution in [0.25, 0.3) is 0 Å². The Balaban J connectivity index is 1.62. The van der Waals surface area contributed by atoms with Crippen LogP contribution in [-0.4, -0.2) is 31.1 Å². The smallest absolute Gasteiger partial charge is 0.0233 e.